The number of hydrogen-bond donors (Lipinski definition) is 1. The van der Waals surface area contributed by atoms with Crippen molar-refractivity contribution in [2.45, 2.75) is 38.7 Å². The van der Waals surface area contributed by atoms with Crippen molar-refractivity contribution >= 4 is 15.9 Å². The molecule has 0 bridgehead atoms. The molecule has 1 aliphatic carbocycles. The quantitative estimate of drug-likeness (QED) is 0.916. The first-order chi connectivity index (χ1) is 6.93. The summed E-state index contributed by atoms with van der Waals surface area (Å²) in [4.78, 5) is 4.11. The van der Waals surface area contributed by atoms with Crippen molar-refractivity contribution in [1.82, 2.24) is 4.98 Å². The molecule has 1 N–H and O–H groups in total. The van der Waals surface area contributed by atoms with E-state index in [2.05, 4.69) is 27.8 Å². The zero-order chi connectivity index (χ0) is 11.1. The van der Waals surface area contributed by atoms with E-state index in [1.165, 1.54) is 0 Å². The predicted octanol–water partition coefficient (Wildman–Crippen LogP) is 2.94. The second-order valence-corrected chi connectivity index (χ2v) is 5.94. The first kappa shape index (κ1) is 11.1. The van der Waals surface area contributed by atoms with Crippen molar-refractivity contribution in [1.29, 1.82) is 0 Å². The second-order valence-electron chi connectivity index (χ2n) is 5.02. The van der Waals surface area contributed by atoms with Gasteiger partial charge in [0, 0.05) is 23.3 Å². The molecule has 3 heteroatoms. The maximum atomic E-state index is 10.4. The van der Waals surface area contributed by atoms with Crippen molar-refractivity contribution < 1.29 is 5.11 Å². The largest absolute Gasteiger partial charge is 0.389 e. The molecule has 1 aliphatic rings. The molecule has 1 aromatic heterocycles. The van der Waals surface area contributed by atoms with Gasteiger partial charge in [-0.15, -0.1) is 0 Å². The van der Waals surface area contributed by atoms with Crippen LogP contribution in [0.25, 0.3) is 0 Å². The monoisotopic (exact) mass is 269 g/mol. The topological polar surface area (TPSA) is 33.1 Å². The van der Waals surface area contributed by atoms with Crippen LogP contribution in [0, 0.1) is 5.41 Å². The van der Waals surface area contributed by atoms with Crippen molar-refractivity contribution in [2.24, 2.45) is 5.41 Å². The average Bonchev–Trinajstić information content (AvgIpc) is 2.84. The first-order valence-electron chi connectivity index (χ1n) is 5.25. The van der Waals surface area contributed by atoms with Crippen LogP contribution in [-0.2, 0) is 6.42 Å². The number of aliphatic hydroxyl groups is 1. The van der Waals surface area contributed by atoms with Gasteiger partial charge in [0.1, 0.15) is 0 Å². The van der Waals surface area contributed by atoms with E-state index in [0.717, 1.165) is 22.9 Å². The Morgan fingerprint density at radius 2 is 2.20 bits per heavy atom. The highest BCUT2D eigenvalue weighted by atomic mass is 79.9. The van der Waals surface area contributed by atoms with Crippen LogP contribution in [0.3, 0.4) is 0 Å². The second kappa shape index (κ2) is 3.56. The Morgan fingerprint density at radius 3 is 2.73 bits per heavy atom. The third-order valence-electron chi connectivity index (χ3n) is 3.61. The Bertz CT molecular complexity index is 372. The SMILES string of the molecule is CC(O)(Cc1cncc(Br)c1)C1(C)CC1. The van der Waals surface area contributed by atoms with E-state index in [1.807, 2.05) is 19.2 Å². The highest BCUT2D eigenvalue weighted by Gasteiger charge is 2.51. The maximum absolute atomic E-state index is 10.4. The molecule has 0 radical (unpaired) electrons. The van der Waals surface area contributed by atoms with Crippen LogP contribution in [0.1, 0.15) is 32.3 Å². The lowest BCUT2D eigenvalue weighted by Gasteiger charge is -2.30. The Balaban J connectivity index is 2.14. The van der Waals surface area contributed by atoms with E-state index in [1.54, 1.807) is 6.20 Å². The van der Waals surface area contributed by atoms with Gasteiger partial charge in [-0.05, 0) is 52.7 Å². The molecule has 2 rings (SSSR count). The normalized spacial score (nSPS) is 22.1. The molecular weight excluding hydrogens is 254 g/mol. The average molecular weight is 270 g/mol. The van der Waals surface area contributed by atoms with E-state index in [0.29, 0.717) is 6.42 Å². The molecule has 1 unspecified atom stereocenters. The number of pyridine rings is 1. The van der Waals surface area contributed by atoms with E-state index >= 15 is 0 Å². The standard InChI is InChI=1S/C12H16BrNO/c1-11(3-4-11)12(2,15)6-9-5-10(13)8-14-7-9/h5,7-8,15H,3-4,6H2,1-2H3. The van der Waals surface area contributed by atoms with Crippen LogP contribution in [0.15, 0.2) is 22.9 Å². The van der Waals surface area contributed by atoms with Crippen molar-refractivity contribution in [2.75, 3.05) is 0 Å². The highest BCUT2D eigenvalue weighted by Crippen LogP contribution is 2.54. The summed E-state index contributed by atoms with van der Waals surface area (Å²) in [5.41, 5.74) is 0.577. The molecule has 1 fully saturated rings. The van der Waals surface area contributed by atoms with Gasteiger partial charge in [0.25, 0.3) is 0 Å². The lowest BCUT2D eigenvalue weighted by molar-refractivity contribution is -0.00709. The van der Waals surface area contributed by atoms with Crippen LogP contribution in [0.5, 0.6) is 0 Å². The van der Waals surface area contributed by atoms with Crippen molar-refractivity contribution in [3.8, 4) is 0 Å². The molecule has 0 amide bonds. The molecule has 82 valence electrons. The minimum absolute atomic E-state index is 0.106. The maximum Gasteiger partial charge on any atom is 0.0713 e. The Morgan fingerprint density at radius 1 is 1.53 bits per heavy atom. The number of rotatable bonds is 3. The van der Waals surface area contributed by atoms with E-state index in [-0.39, 0.29) is 5.41 Å². The van der Waals surface area contributed by atoms with Gasteiger partial charge >= 0.3 is 0 Å². The van der Waals surface area contributed by atoms with Gasteiger partial charge in [-0.1, -0.05) is 6.92 Å². The first-order valence-corrected chi connectivity index (χ1v) is 6.04. The zero-order valence-electron chi connectivity index (χ0n) is 9.13. The molecule has 0 spiro atoms. The van der Waals surface area contributed by atoms with E-state index < -0.39 is 5.60 Å². The summed E-state index contributed by atoms with van der Waals surface area (Å²) in [7, 11) is 0. The van der Waals surface area contributed by atoms with Crippen LogP contribution in [-0.4, -0.2) is 15.7 Å². The van der Waals surface area contributed by atoms with Crippen LogP contribution < -0.4 is 0 Å². The molecular formula is C12H16BrNO. The molecule has 0 aromatic carbocycles. The number of aromatic nitrogens is 1. The highest BCUT2D eigenvalue weighted by molar-refractivity contribution is 9.10. The molecule has 0 saturated heterocycles. The van der Waals surface area contributed by atoms with Gasteiger partial charge in [-0.3, -0.25) is 4.98 Å². The van der Waals surface area contributed by atoms with Crippen molar-refractivity contribution in [3.05, 3.63) is 28.5 Å². The Hall–Kier alpha value is -0.410. The van der Waals surface area contributed by atoms with E-state index in [9.17, 15) is 5.11 Å². The summed E-state index contributed by atoms with van der Waals surface area (Å²) in [6, 6.07) is 2.02. The fourth-order valence-electron chi connectivity index (χ4n) is 1.89. The lowest BCUT2D eigenvalue weighted by atomic mass is 9.82. The lowest BCUT2D eigenvalue weighted by Crippen LogP contribution is -2.36. The Labute approximate surface area is 98.9 Å². The molecule has 2 nitrogen and oxygen atoms in total. The van der Waals surface area contributed by atoms with Gasteiger partial charge in [-0.2, -0.15) is 0 Å². The molecule has 1 aromatic rings. The minimum atomic E-state index is -0.616. The fraction of sp³-hybridized carbons (Fsp3) is 0.583. The van der Waals surface area contributed by atoms with Gasteiger partial charge in [0.2, 0.25) is 0 Å². The molecule has 15 heavy (non-hydrogen) atoms. The number of halogens is 1. The summed E-state index contributed by atoms with van der Waals surface area (Å²) in [5, 5.41) is 10.4. The predicted molar refractivity (Wildman–Crippen MR) is 63.6 cm³/mol. The van der Waals surface area contributed by atoms with Gasteiger partial charge in [-0.25, -0.2) is 0 Å². The summed E-state index contributed by atoms with van der Waals surface area (Å²) in [6.07, 6.45) is 6.51. The van der Waals surface area contributed by atoms with Crippen LogP contribution in [0.2, 0.25) is 0 Å². The van der Waals surface area contributed by atoms with Crippen molar-refractivity contribution in [3.63, 3.8) is 0 Å². The molecule has 0 aliphatic heterocycles. The Kier molecular flexibility index (Phi) is 2.63. The number of hydrogen-bond acceptors (Lipinski definition) is 2. The van der Waals surface area contributed by atoms with E-state index in [4.69, 9.17) is 0 Å². The third kappa shape index (κ3) is 2.23. The van der Waals surface area contributed by atoms with Gasteiger partial charge in [0.15, 0.2) is 0 Å². The molecule has 1 atom stereocenters. The van der Waals surface area contributed by atoms with Gasteiger partial charge in [0.05, 0.1) is 5.60 Å². The molecule has 1 heterocycles. The summed E-state index contributed by atoms with van der Waals surface area (Å²) < 4.78 is 0.969. The number of nitrogens with zero attached hydrogens (tertiary/aromatic N) is 1. The zero-order valence-corrected chi connectivity index (χ0v) is 10.7. The third-order valence-corrected chi connectivity index (χ3v) is 4.04. The van der Waals surface area contributed by atoms with Crippen LogP contribution in [0.4, 0.5) is 0 Å². The molecule has 1 saturated carbocycles. The summed E-state index contributed by atoms with van der Waals surface area (Å²) in [5.74, 6) is 0. The minimum Gasteiger partial charge on any atom is -0.389 e. The fourth-order valence-corrected chi connectivity index (χ4v) is 2.30. The summed E-state index contributed by atoms with van der Waals surface area (Å²) in [6.45, 7) is 4.08. The summed E-state index contributed by atoms with van der Waals surface area (Å²) >= 11 is 3.39. The van der Waals surface area contributed by atoms with Gasteiger partial charge < -0.3 is 5.11 Å². The van der Waals surface area contributed by atoms with Crippen LogP contribution >= 0.6 is 15.9 Å². The smallest absolute Gasteiger partial charge is 0.0713 e.